The number of carbonyl (C=O) groups is 2. The molecule has 0 aliphatic heterocycles. The third kappa shape index (κ3) is 5.06. The van der Waals surface area contributed by atoms with Gasteiger partial charge < -0.3 is 10.1 Å². The molecule has 1 fully saturated rings. The highest BCUT2D eigenvalue weighted by Gasteiger charge is 2.35. The van der Waals surface area contributed by atoms with E-state index in [9.17, 15) is 9.59 Å². The van der Waals surface area contributed by atoms with Gasteiger partial charge in [0.1, 0.15) is 0 Å². The number of benzene rings is 1. The van der Waals surface area contributed by atoms with Crippen molar-refractivity contribution in [3.05, 3.63) is 29.3 Å². The molecule has 1 aromatic carbocycles. The summed E-state index contributed by atoms with van der Waals surface area (Å²) in [5.41, 5.74) is 0.986. The van der Waals surface area contributed by atoms with E-state index >= 15 is 0 Å². The van der Waals surface area contributed by atoms with Crippen molar-refractivity contribution in [1.29, 1.82) is 0 Å². The largest absolute Gasteiger partial charge is 0.455 e. The van der Waals surface area contributed by atoms with Crippen molar-refractivity contribution in [2.24, 2.45) is 5.92 Å². The SMILES string of the molecule is CCCC(C)NC(=O)COC(=O)C1CCCCC1c1nc2ccccc2s1. The lowest BCUT2D eigenvalue weighted by molar-refractivity contribution is -0.154. The molecule has 0 bridgehead atoms. The van der Waals surface area contributed by atoms with Crippen LogP contribution in [0.25, 0.3) is 10.2 Å². The van der Waals surface area contributed by atoms with E-state index in [0.717, 1.165) is 53.7 Å². The van der Waals surface area contributed by atoms with Gasteiger partial charge in [0.15, 0.2) is 6.61 Å². The molecule has 1 aromatic heterocycles. The van der Waals surface area contributed by atoms with Crippen LogP contribution in [0.3, 0.4) is 0 Å². The van der Waals surface area contributed by atoms with Crippen LogP contribution in [-0.2, 0) is 14.3 Å². The maximum absolute atomic E-state index is 12.7. The molecule has 1 N–H and O–H groups in total. The minimum absolute atomic E-state index is 0.0886. The molecule has 1 heterocycles. The Bertz CT molecular complexity index is 756. The third-order valence-electron chi connectivity index (χ3n) is 5.17. The fourth-order valence-electron chi connectivity index (χ4n) is 3.82. The number of nitrogens with zero attached hydrogens (tertiary/aromatic N) is 1. The molecular weight excluding hydrogens is 360 g/mol. The maximum Gasteiger partial charge on any atom is 0.310 e. The van der Waals surface area contributed by atoms with E-state index in [4.69, 9.17) is 9.72 Å². The second-order valence-electron chi connectivity index (χ2n) is 7.38. The quantitative estimate of drug-likeness (QED) is 0.713. The van der Waals surface area contributed by atoms with Crippen LogP contribution in [0.2, 0.25) is 0 Å². The minimum Gasteiger partial charge on any atom is -0.455 e. The average Bonchev–Trinajstić information content (AvgIpc) is 3.10. The van der Waals surface area contributed by atoms with Gasteiger partial charge in [0, 0.05) is 12.0 Å². The molecule has 2 aromatic rings. The van der Waals surface area contributed by atoms with Gasteiger partial charge in [-0.2, -0.15) is 0 Å². The lowest BCUT2D eigenvalue weighted by atomic mass is 9.79. The number of carbonyl (C=O) groups excluding carboxylic acids is 2. The number of para-hydroxylation sites is 1. The van der Waals surface area contributed by atoms with Crippen LogP contribution in [0.5, 0.6) is 0 Å². The summed E-state index contributed by atoms with van der Waals surface area (Å²) in [4.78, 5) is 29.4. The Morgan fingerprint density at radius 3 is 2.85 bits per heavy atom. The number of amides is 1. The van der Waals surface area contributed by atoms with Gasteiger partial charge in [0.2, 0.25) is 0 Å². The van der Waals surface area contributed by atoms with E-state index in [2.05, 4.69) is 18.3 Å². The van der Waals surface area contributed by atoms with E-state index < -0.39 is 0 Å². The number of fused-ring (bicyclic) bond motifs is 1. The van der Waals surface area contributed by atoms with Gasteiger partial charge in [-0.3, -0.25) is 9.59 Å². The molecule has 3 atom stereocenters. The Labute approximate surface area is 164 Å². The zero-order chi connectivity index (χ0) is 19.2. The van der Waals surface area contributed by atoms with Crippen LogP contribution < -0.4 is 5.32 Å². The van der Waals surface area contributed by atoms with Crippen molar-refractivity contribution in [2.45, 2.75) is 64.3 Å². The molecule has 0 radical (unpaired) electrons. The van der Waals surface area contributed by atoms with Crippen molar-refractivity contribution < 1.29 is 14.3 Å². The third-order valence-corrected chi connectivity index (χ3v) is 6.34. The monoisotopic (exact) mass is 388 g/mol. The van der Waals surface area contributed by atoms with E-state index in [0.29, 0.717) is 0 Å². The predicted molar refractivity (Wildman–Crippen MR) is 108 cm³/mol. The summed E-state index contributed by atoms with van der Waals surface area (Å²) < 4.78 is 6.52. The van der Waals surface area contributed by atoms with Crippen molar-refractivity contribution in [3.63, 3.8) is 0 Å². The first kappa shape index (κ1) is 19.8. The topological polar surface area (TPSA) is 68.3 Å². The molecule has 3 rings (SSSR count). The van der Waals surface area contributed by atoms with E-state index in [-0.39, 0.29) is 36.4 Å². The zero-order valence-corrected chi connectivity index (χ0v) is 16.9. The molecule has 3 unspecified atom stereocenters. The van der Waals surface area contributed by atoms with Crippen LogP contribution in [-0.4, -0.2) is 29.5 Å². The fraction of sp³-hybridized carbons (Fsp3) is 0.571. The Kier molecular flexibility index (Phi) is 6.83. The Morgan fingerprint density at radius 1 is 1.30 bits per heavy atom. The highest BCUT2D eigenvalue weighted by molar-refractivity contribution is 7.18. The van der Waals surface area contributed by atoms with Crippen molar-refractivity contribution in [3.8, 4) is 0 Å². The van der Waals surface area contributed by atoms with Gasteiger partial charge in [0.25, 0.3) is 5.91 Å². The van der Waals surface area contributed by atoms with Gasteiger partial charge in [-0.1, -0.05) is 38.3 Å². The van der Waals surface area contributed by atoms with Gasteiger partial charge in [-0.25, -0.2) is 4.98 Å². The lowest BCUT2D eigenvalue weighted by Crippen LogP contribution is -2.37. The first-order chi connectivity index (χ1) is 13.1. The Morgan fingerprint density at radius 2 is 2.07 bits per heavy atom. The number of thiazole rings is 1. The summed E-state index contributed by atoms with van der Waals surface area (Å²) in [7, 11) is 0. The molecule has 146 valence electrons. The Balaban J connectivity index is 1.62. The predicted octanol–water partition coefficient (Wildman–Crippen LogP) is 4.42. The summed E-state index contributed by atoms with van der Waals surface area (Å²) in [6.45, 7) is 3.84. The van der Waals surface area contributed by atoms with Gasteiger partial charge in [-0.05, 0) is 38.3 Å². The van der Waals surface area contributed by atoms with Gasteiger partial charge >= 0.3 is 5.97 Å². The highest BCUT2D eigenvalue weighted by Crippen LogP contribution is 2.41. The number of hydrogen-bond donors (Lipinski definition) is 1. The second kappa shape index (κ2) is 9.31. The molecule has 0 spiro atoms. The normalized spacial score (nSPS) is 21.0. The Hall–Kier alpha value is -1.95. The van der Waals surface area contributed by atoms with Crippen LogP contribution >= 0.6 is 11.3 Å². The molecule has 1 saturated carbocycles. The molecule has 5 nitrogen and oxygen atoms in total. The summed E-state index contributed by atoms with van der Waals surface area (Å²) in [6, 6.07) is 8.17. The van der Waals surface area contributed by atoms with Crippen LogP contribution in [0.15, 0.2) is 24.3 Å². The number of esters is 1. The number of rotatable bonds is 7. The average molecular weight is 389 g/mol. The van der Waals surface area contributed by atoms with Crippen molar-refractivity contribution in [2.75, 3.05) is 6.61 Å². The first-order valence-electron chi connectivity index (χ1n) is 9.90. The molecule has 1 aliphatic rings. The van der Waals surface area contributed by atoms with Crippen LogP contribution in [0.1, 0.15) is 63.3 Å². The first-order valence-corrected chi connectivity index (χ1v) is 10.7. The summed E-state index contributed by atoms with van der Waals surface area (Å²) in [5.74, 6) is -0.611. The molecular formula is C21H28N2O3S. The number of aromatic nitrogens is 1. The number of ether oxygens (including phenoxy) is 1. The molecule has 6 heteroatoms. The summed E-state index contributed by atoms with van der Waals surface area (Å²) in [6.07, 6.45) is 5.78. The fourth-order valence-corrected chi connectivity index (χ4v) is 4.99. The van der Waals surface area contributed by atoms with Crippen LogP contribution in [0, 0.1) is 5.92 Å². The highest BCUT2D eigenvalue weighted by atomic mass is 32.1. The summed E-state index contributed by atoms with van der Waals surface area (Å²) in [5, 5.41) is 3.89. The zero-order valence-electron chi connectivity index (χ0n) is 16.1. The number of nitrogens with one attached hydrogen (secondary N) is 1. The van der Waals surface area contributed by atoms with E-state index in [1.54, 1.807) is 11.3 Å². The van der Waals surface area contributed by atoms with Crippen molar-refractivity contribution in [1.82, 2.24) is 10.3 Å². The standard InChI is InChI=1S/C21H28N2O3S/c1-3-8-14(2)22-19(24)13-26-21(25)16-10-5-4-9-15(16)20-23-17-11-6-7-12-18(17)27-20/h6-7,11-12,14-16H,3-5,8-10,13H2,1-2H3,(H,22,24). The van der Waals surface area contributed by atoms with Crippen LogP contribution in [0.4, 0.5) is 0 Å². The van der Waals surface area contributed by atoms with Gasteiger partial charge in [0.05, 0.1) is 21.1 Å². The molecule has 1 amide bonds. The maximum atomic E-state index is 12.7. The molecule has 1 aliphatic carbocycles. The minimum atomic E-state index is -0.266. The second-order valence-corrected chi connectivity index (χ2v) is 8.44. The molecule has 0 saturated heterocycles. The smallest absolute Gasteiger partial charge is 0.310 e. The van der Waals surface area contributed by atoms with Gasteiger partial charge in [-0.15, -0.1) is 11.3 Å². The molecule has 27 heavy (non-hydrogen) atoms. The van der Waals surface area contributed by atoms with E-state index in [1.165, 1.54) is 0 Å². The number of hydrogen-bond acceptors (Lipinski definition) is 5. The lowest BCUT2D eigenvalue weighted by Gasteiger charge is -2.28. The van der Waals surface area contributed by atoms with E-state index in [1.807, 2.05) is 25.1 Å². The van der Waals surface area contributed by atoms with Crippen molar-refractivity contribution >= 4 is 33.4 Å². The summed E-state index contributed by atoms with van der Waals surface area (Å²) >= 11 is 1.67.